The molecular formula is C15H22N4O2. The lowest BCUT2D eigenvalue weighted by Gasteiger charge is -2.18. The first-order valence-electron chi connectivity index (χ1n) is 7.07. The highest BCUT2D eigenvalue weighted by molar-refractivity contribution is 5.87. The number of carbonyl (C=O) groups is 1. The summed E-state index contributed by atoms with van der Waals surface area (Å²) >= 11 is 0. The Balaban J connectivity index is 2.38. The molecule has 21 heavy (non-hydrogen) atoms. The Bertz CT molecular complexity index is 641. The summed E-state index contributed by atoms with van der Waals surface area (Å²) in [5, 5.41) is 8.52. The Hall–Kier alpha value is -1.95. The molecule has 0 spiro atoms. The maximum Gasteiger partial charge on any atom is 0.437 e. The van der Waals surface area contributed by atoms with Crippen LogP contribution in [0, 0.1) is 0 Å². The van der Waals surface area contributed by atoms with E-state index in [2.05, 4.69) is 29.2 Å². The van der Waals surface area contributed by atoms with Gasteiger partial charge in [0, 0.05) is 24.2 Å². The second kappa shape index (κ2) is 5.81. The van der Waals surface area contributed by atoms with Gasteiger partial charge in [0.25, 0.3) is 0 Å². The summed E-state index contributed by atoms with van der Waals surface area (Å²) in [5.41, 5.74) is 0.741. The van der Waals surface area contributed by atoms with Crippen molar-refractivity contribution in [2.45, 2.75) is 52.8 Å². The van der Waals surface area contributed by atoms with Crippen LogP contribution in [0.4, 0.5) is 4.79 Å². The molecule has 114 valence electrons. The molecular weight excluding hydrogens is 268 g/mol. The van der Waals surface area contributed by atoms with Crippen molar-refractivity contribution in [2.75, 3.05) is 0 Å². The van der Waals surface area contributed by atoms with Crippen molar-refractivity contribution >= 4 is 17.1 Å². The lowest BCUT2D eigenvalue weighted by molar-refractivity contribution is 0.0521. The van der Waals surface area contributed by atoms with Crippen LogP contribution in [-0.4, -0.2) is 32.5 Å². The van der Waals surface area contributed by atoms with Gasteiger partial charge in [-0.15, -0.1) is 4.68 Å². The van der Waals surface area contributed by atoms with E-state index < -0.39 is 11.7 Å². The first kappa shape index (κ1) is 15.4. The summed E-state index contributed by atoms with van der Waals surface area (Å²) in [6.07, 6.45) is 1.13. The molecule has 0 saturated heterocycles. The van der Waals surface area contributed by atoms with E-state index >= 15 is 0 Å². The Kier molecular flexibility index (Phi) is 4.27. The first-order chi connectivity index (χ1) is 9.78. The van der Waals surface area contributed by atoms with E-state index in [-0.39, 0.29) is 0 Å². The topological polar surface area (TPSA) is 69.0 Å². The average Bonchev–Trinajstić information content (AvgIpc) is 2.73. The summed E-state index contributed by atoms with van der Waals surface area (Å²) in [6.45, 7) is 10.2. The number of rotatable bonds is 3. The smallest absolute Gasteiger partial charge is 0.437 e. The lowest BCUT2D eigenvalue weighted by atomic mass is 10.2. The number of hydrogen-bond acceptors (Lipinski definition) is 5. The normalized spacial score (nSPS) is 12.1. The Labute approximate surface area is 124 Å². The van der Waals surface area contributed by atoms with E-state index in [1.54, 1.807) is 6.20 Å². The number of hydrogen-bond donors (Lipinski definition) is 1. The Morgan fingerprint density at radius 1 is 1.43 bits per heavy atom. The van der Waals surface area contributed by atoms with Gasteiger partial charge in [0.15, 0.2) is 5.65 Å². The summed E-state index contributed by atoms with van der Waals surface area (Å²) in [6, 6.07) is 4.08. The predicted octanol–water partition coefficient (Wildman–Crippen LogP) is 2.71. The van der Waals surface area contributed by atoms with E-state index in [9.17, 15) is 4.79 Å². The molecule has 0 bridgehead atoms. The lowest BCUT2D eigenvalue weighted by Crippen LogP contribution is -2.28. The molecule has 0 aromatic carbocycles. The molecule has 0 fully saturated rings. The summed E-state index contributed by atoms with van der Waals surface area (Å²) in [7, 11) is 0. The standard InChI is InChI=1S/C15H22N4O2/c1-10(2)17-9-12-11-7-6-8-16-13(11)19(18-12)14(20)21-15(3,4)5/h6-8,10,17H,9H2,1-5H3. The first-order valence-corrected chi connectivity index (χ1v) is 7.07. The molecule has 0 aliphatic rings. The van der Waals surface area contributed by atoms with Gasteiger partial charge in [-0.1, -0.05) is 13.8 Å². The summed E-state index contributed by atoms with van der Waals surface area (Å²) < 4.78 is 6.61. The Morgan fingerprint density at radius 3 is 2.76 bits per heavy atom. The van der Waals surface area contributed by atoms with Gasteiger partial charge in [-0.25, -0.2) is 9.78 Å². The zero-order valence-corrected chi connectivity index (χ0v) is 13.2. The minimum absolute atomic E-state index is 0.336. The third kappa shape index (κ3) is 3.78. The molecule has 2 heterocycles. The van der Waals surface area contributed by atoms with E-state index in [0.29, 0.717) is 18.2 Å². The minimum atomic E-state index is -0.569. The van der Waals surface area contributed by atoms with Gasteiger partial charge in [0.2, 0.25) is 0 Å². The number of nitrogens with zero attached hydrogens (tertiary/aromatic N) is 3. The van der Waals surface area contributed by atoms with Crippen molar-refractivity contribution in [3.8, 4) is 0 Å². The van der Waals surface area contributed by atoms with Gasteiger partial charge < -0.3 is 10.1 Å². The Morgan fingerprint density at radius 2 is 2.14 bits per heavy atom. The highest BCUT2D eigenvalue weighted by Gasteiger charge is 2.22. The number of pyridine rings is 1. The number of carbonyl (C=O) groups excluding carboxylic acids is 1. The third-order valence-electron chi connectivity index (χ3n) is 2.76. The van der Waals surface area contributed by atoms with Crippen molar-refractivity contribution in [2.24, 2.45) is 0 Å². The third-order valence-corrected chi connectivity index (χ3v) is 2.76. The van der Waals surface area contributed by atoms with Crippen molar-refractivity contribution in [1.82, 2.24) is 20.1 Å². The molecule has 6 nitrogen and oxygen atoms in total. The van der Waals surface area contributed by atoms with Crippen molar-refractivity contribution < 1.29 is 9.53 Å². The highest BCUT2D eigenvalue weighted by Crippen LogP contribution is 2.18. The van der Waals surface area contributed by atoms with Crippen LogP contribution in [0.3, 0.4) is 0 Å². The van der Waals surface area contributed by atoms with Crippen molar-refractivity contribution in [3.63, 3.8) is 0 Å². The fourth-order valence-electron chi connectivity index (χ4n) is 1.88. The SMILES string of the molecule is CC(C)NCc1nn(C(=O)OC(C)(C)C)c2ncccc12. The van der Waals surface area contributed by atoms with Gasteiger partial charge >= 0.3 is 6.09 Å². The maximum atomic E-state index is 12.2. The zero-order chi connectivity index (χ0) is 15.6. The van der Waals surface area contributed by atoms with Gasteiger partial charge in [0.05, 0.1) is 5.69 Å². The number of aromatic nitrogens is 3. The molecule has 0 aliphatic carbocycles. The van der Waals surface area contributed by atoms with Crippen LogP contribution in [0.2, 0.25) is 0 Å². The summed E-state index contributed by atoms with van der Waals surface area (Å²) in [4.78, 5) is 16.5. The molecule has 6 heteroatoms. The van der Waals surface area contributed by atoms with Crippen LogP contribution < -0.4 is 5.32 Å². The van der Waals surface area contributed by atoms with E-state index in [0.717, 1.165) is 11.1 Å². The van der Waals surface area contributed by atoms with Gasteiger partial charge in [0.1, 0.15) is 5.60 Å². The van der Waals surface area contributed by atoms with Gasteiger partial charge in [-0.3, -0.25) is 0 Å². The minimum Gasteiger partial charge on any atom is -0.442 e. The average molecular weight is 290 g/mol. The molecule has 0 unspecified atom stereocenters. The molecule has 2 aromatic heterocycles. The second-order valence-corrected chi connectivity index (χ2v) is 6.25. The second-order valence-electron chi connectivity index (χ2n) is 6.25. The number of fused-ring (bicyclic) bond motifs is 1. The zero-order valence-electron chi connectivity index (χ0n) is 13.2. The number of ether oxygens (including phenoxy) is 1. The number of nitrogens with one attached hydrogen (secondary N) is 1. The molecule has 0 atom stereocenters. The van der Waals surface area contributed by atoms with Crippen molar-refractivity contribution in [3.05, 3.63) is 24.0 Å². The molecule has 0 aliphatic heterocycles. The fourth-order valence-corrected chi connectivity index (χ4v) is 1.88. The highest BCUT2D eigenvalue weighted by atomic mass is 16.6. The van der Waals surface area contributed by atoms with Gasteiger partial charge in [-0.05, 0) is 32.9 Å². The molecule has 2 rings (SSSR count). The van der Waals surface area contributed by atoms with Crippen molar-refractivity contribution in [1.29, 1.82) is 0 Å². The van der Waals surface area contributed by atoms with Crippen LogP contribution >= 0.6 is 0 Å². The van der Waals surface area contributed by atoms with Crippen LogP contribution in [0.1, 0.15) is 40.3 Å². The maximum absolute atomic E-state index is 12.2. The quantitative estimate of drug-likeness (QED) is 0.941. The predicted molar refractivity (Wildman–Crippen MR) is 81.1 cm³/mol. The largest absolute Gasteiger partial charge is 0.442 e. The van der Waals surface area contributed by atoms with Crippen LogP contribution in [0.5, 0.6) is 0 Å². The molecule has 0 amide bonds. The molecule has 0 radical (unpaired) electrons. The van der Waals surface area contributed by atoms with E-state index in [1.165, 1.54) is 4.68 Å². The van der Waals surface area contributed by atoms with Gasteiger partial charge in [-0.2, -0.15) is 5.10 Å². The molecule has 2 aromatic rings. The fraction of sp³-hybridized carbons (Fsp3) is 0.533. The molecule has 0 saturated carbocycles. The van der Waals surface area contributed by atoms with Crippen LogP contribution in [0.15, 0.2) is 18.3 Å². The van der Waals surface area contributed by atoms with E-state index in [4.69, 9.17) is 4.74 Å². The summed E-state index contributed by atoms with van der Waals surface area (Å²) in [5.74, 6) is 0. The molecule has 1 N–H and O–H groups in total. The monoisotopic (exact) mass is 290 g/mol. The van der Waals surface area contributed by atoms with Crippen LogP contribution in [-0.2, 0) is 11.3 Å². The van der Waals surface area contributed by atoms with E-state index in [1.807, 2.05) is 32.9 Å². The van der Waals surface area contributed by atoms with Crippen LogP contribution in [0.25, 0.3) is 11.0 Å².